The first-order chi connectivity index (χ1) is 6.94. The largest absolute Gasteiger partial charge is 0.394 e. The minimum atomic E-state index is -1.22. The van der Waals surface area contributed by atoms with Crippen LogP contribution in [0.2, 0.25) is 0 Å². The molecule has 0 aromatic carbocycles. The van der Waals surface area contributed by atoms with Crippen LogP contribution < -0.4 is 0 Å². The van der Waals surface area contributed by atoms with Gasteiger partial charge in [0.25, 0.3) is 0 Å². The Morgan fingerprint density at radius 2 is 2.13 bits per heavy atom. The number of aliphatic hydroxyl groups is 2. The standard InChI is InChI=1S/C9H14O6/c1-9(2)14-7-5(12)6(4(11)3-10)13-8(7)15-9/h4,6-8,10-11H,3H2,1-2H3/t4-,6+,7+,8+/m0/s1. The molecule has 0 aromatic heterocycles. The van der Waals surface area contributed by atoms with E-state index in [2.05, 4.69) is 0 Å². The van der Waals surface area contributed by atoms with Gasteiger partial charge in [0.05, 0.1) is 6.61 Å². The fourth-order valence-corrected chi connectivity index (χ4v) is 1.77. The van der Waals surface area contributed by atoms with Crippen LogP contribution in [0.5, 0.6) is 0 Å². The highest BCUT2D eigenvalue weighted by Crippen LogP contribution is 2.35. The maximum Gasteiger partial charge on any atom is 0.198 e. The van der Waals surface area contributed by atoms with Crippen molar-refractivity contribution in [3.05, 3.63) is 0 Å². The zero-order valence-electron chi connectivity index (χ0n) is 8.54. The van der Waals surface area contributed by atoms with E-state index in [0.717, 1.165) is 0 Å². The highest BCUT2D eigenvalue weighted by atomic mass is 16.8. The van der Waals surface area contributed by atoms with Crippen LogP contribution in [0.3, 0.4) is 0 Å². The normalized spacial score (nSPS) is 40.5. The lowest BCUT2D eigenvalue weighted by Crippen LogP contribution is -2.39. The molecule has 2 aliphatic rings. The average molecular weight is 218 g/mol. The lowest BCUT2D eigenvalue weighted by atomic mass is 10.1. The second-order valence-electron chi connectivity index (χ2n) is 4.13. The van der Waals surface area contributed by atoms with Crippen molar-refractivity contribution in [1.29, 1.82) is 0 Å². The van der Waals surface area contributed by atoms with Gasteiger partial charge in [-0.1, -0.05) is 0 Å². The Bertz CT molecular complexity index is 276. The van der Waals surface area contributed by atoms with Crippen LogP contribution in [0.15, 0.2) is 0 Å². The maximum absolute atomic E-state index is 11.7. The van der Waals surface area contributed by atoms with Crippen LogP contribution in [0.25, 0.3) is 0 Å². The molecule has 0 saturated carbocycles. The Kier molecular flexibility index (Phi) is 2.56. The van der Waals surface area contributed by atoms with Crippen molar-refractivity contribution in [2.75, 3.05) is 6.61 Å². The molecule has 2 N–H and O–H groups in total. The molecule has 0 spiro atoms. The highest BCUT2D eigenvalue weighted by Gasteiger charge is 2.55. The number of ketones is 1. The molecule has 2 fully saturated rings. The molecule has 0 aromatic rings. The third kappa shape index (κ3) is 1.79. The van der Waals surface area contributed by atoms with Crippen molar-refractivity contribution in [2.45, 2.75) is 44.2 Å². The molecule has 2 rings (SSSR count). The van der Waals surface area contributed by atoms with Gasteiger partial charge in [-0.15, -0.1) is 0 Å². The van der Waals surface area contributed by atoms with Gasteiger partial charge in [-0.25, -0.2) is 0 Å². The fraction of sp³-hybridized carbons (Fsp3) is 0.889. The second-order valence-corrected chi connectivity index (χ2v) is 4.13. The van der Waals surface area contributed by atoms with Gasteiger partial charge >= 0.3 is 0 Å². The minimum absolute atomic E-state index is 0.382. The van der Waals surface area contributed by atoms with E-state index in [4.69, 9.17) is 19.3 Å². The van der Waals surface area contributed by atoms with Gasteiger partial charge in [-0.05, 0) is 13.8 Å². The molecular formula is C9H14O6. The molecule has 0 radical (unpaired) electrons. The highest BCUT2D eigenvalue weighted by molar-refractivity contribution is 5.90. The second kappa shape index (κ2) is 3.50. The molecular weight excluding hydrogens is 204 g/mol. The van der Waals surface area contributed by atoms with Gasteiger partial charge in [0.2, 0.25) is 0 Å². The summed E-state index contributed by atoms with van der Waals surface area (Å²) in [5.41, 5.74) is 0. The van der Waals surface area contributed by atoms with Crippen molar-refractivity contribution in [3.63, 3.8) is 0 Å². The summed E-state index contributed by atoms with van der Waals surface area (Å²) in [5, 5.41) is 18.0. The Hall–Kier alpha value is -0.530. The van der Waals surface area contributed by atoms with Crippen molar-refractivity contribution >= 4 is 5.78 Å². The van der Waals surface area contributed by atoms with Crippen LogP contribution in [-0.4, -0.2) is 53.0 Å². The Labute approximate surface area is 86.7 Å². The number of Topliss-reactive ketones (excluding diaryl/α,β-unsaturated/α-hetero) is 1. The number of aliphatic hydroxyl groups excluding tert-OH is 2. The summed E-state index contributed by atoms with van der Waals surface area (Å²) in [6.07, 6.45) is -3.86. The van der Waals surface area contributed by atoms with Crippen LogP contribution in [0.1, 0.15) is 13.8 Å². The zero-order chi connectivity index (χ0) is 11.2. The summed E-state index contributed by atoms with van der Waals surface area (Å²) in [5.74, 6) is -1.23. The van der Waals surface area contributed by atoms with E-state index in [1.54, 1.807) is 13.8 Å². The topological polar surface area (TPSA) is 85.2 Å². The number of ether oxygens (including phenoxy) is 3. The SMILES string of the molecule is CC1(C)O[C@H]2O[C@H]([C@@H](O)CO)C(=O)[C@H]2O1. The van der Waals surface area contributed by atoms with E-state index in [1.165, 1.54) is 0 Å². The third-order valence-electron chi connectivity index (χ3n) is 2.44. The summed E-state index contributed by atoms with van der Waals surface area (Å²) < 4.78 is 15.8. The molecule has 4 atom stereocenters. The van der Waals surface area contributed by atoms with E-state index in [9.17, 15) is 9.90 Å². The quantitative estimate of drug-likeness (QED) is 0.604. The molecule has 0 bridgehead atoms. The van der Waals surface area contributed by atoms with Gasteiger partial charge in [-0.3, -0.25) is 4.79 Å². The summed E-state index contributed by atoms with van der Waals surface area (Å²) in [7, 11) is 0. The summed E-state index contributed by atoms with van der Waals surface area (Å²) >= 11 is 0. The lowest BCUT2D eigenvalue weighted by molar-refractivity contribution is -0.214. The first-order valence-corrected chi connectivity index (χ1v) is 4.78. The van der Waals surface area contributed by atoms with Crippen LogP contribution >= 0.6 is 0 Å². The van der Waals surface area contributed by atoms with E-state index in [1.807, 2.05) is 0 Å². The number of carbonyl (C=O) groups excluding carboxylic acids is 1. The molecule has 6 heteroatoms. The van der Waals surface area contributed by atoms with Gasteiger partial charge < -0.3 is 24.4 Å². The van der Waals surface area contributed by atoms with Gasteiger partial charge in [0.1, 0.15) is 12.2 Å². The molecule has 0 aliphatic carbocycles. The van der Waals surface area contributed by atoms with Gasteiger partial charge in [0.15, 0.2) is 24.0 Å². The van der Waals surface area contributed by atoms with Gasteiger partial charge in [0, 0.05) is 0 Å². The molecule has 2 aliphatic heterocycles. The molecule has 0 amide bonds. The zero-order valence-corrected chi connectivity index (χ0v) is 8.54. The Balaban J connectivity index is 2.08. The first-order valence-electron chi connectivity index (χ1n) is 4.78. The smallest absolute Gasteiger partial charge is 0.198 e. The van der Waals surface area contributed by atoms with E-state index in [0.29, 0.717) is 0 Å². The third-order valence-corrected chi connectivity index (χ3v) is 2.44. The Morgan fingerprint density at radius 3 is 2.67 bits per heavy atom. The molecule has 15 heavy (non-hydrogen) atoms. The van der Waals surface area contributed by atoms with Gasteiger partial charge in [-0.2, -0.15) is 0 Å². The van der Waals surface area contributed by atoms with Crippen LogP contribution in [0.4, 0.5) is 0 Å². The predicted molar refractivity (Wildman–Crippen MR) is 46.8 cm³/mol. The molecule has 2 saturated heterocycles. The minimum Gasteiger partial charge on any atom is -0.394 e. The number of fused-ring (bicyclic) bond motifs is 1. The first kappa shape index (κ1) is 11.0. The van der Waals surface area contributed by atoms with Crippen molar-refractivity contribution in [2.24, 2.45) is 0 Å². The predicted octanol–water partition coefficient (Wildman–Crippen LogP) is -1.21. The number of hydrogen-bond donors (Lipinski definition) is 2. The number of carbonyl (C=O) groups is 1. The van der Waals surface area contributed by atoms with Crippen LogP contribution in [0, 0.1) is 0 Å². The van der Waals surface area contributed by atoms with Crippen molar-refractivity contribution in [3.8, 4) is 0 Å². The summed E-state index contributed by atoms with van der Waals surface area (Å²) in [6, 6.07) is 0. The molecule has 6 nitrogen and oxygen atoms in total. The van der Waals surface area contributed by atoms with E-state index >= 15 is 0 Å². The number of hydrogen-bond acceptors (Lipinski definition) is 6. The van der Waals surface area contributed by atoms with E-state index < -0.39 is 37.0 Å². The molecule has 0 unspecified atom stereocenters. The average Bonchev–Trinajstić information content (AvgIpc) is 2.60. The maximum atomic E-state index is 11.7. The Morgan fingerprint density at radius 1 is 1.47 bits per heavy atom. The molecule has 2 heterocycles. The summed E-state index contributed by atoms with van der Waals surface area (Å²) in [4.78, 5) is 11.7. The fourth-order valence-electron chi connectivity index (χ4n) is 1.77. The number of rotatable bonds is 2. The van der Waals surface area contributed by atoms with E-state index in [-0.39, 0.29) is 5.78 Å². The monoisotopic (exact) mass is 218 g/mol. The summed E-state index contributed by atoms with van der Waals surface area (Å²) in [6.45, 7) is 2.83. The van der Waals surface area contributed by atoms with Crippen molar-refractivity contribution < 1.29 is 29.2 Å². The van der Waals surface area contributed by atoms with Crippen LogP contribution in [-0.2, 0) is 19.0 Å². The molecule has 86 valence electrons. The van der Waals surface area contributed by atoms with Crippen molar-refractivity contribution in [1.82, 2.24) is 0 Å². The lowest BCUT2D eigenvalue weighted by Gasteiger charge is -2.21.